The van der Waals surface area contributed by atoms with E-state index in [0.717, 1.165) is 32.9 Å². The van der Waals surface area contributed by atoms with Crippen LogP contribution in [-0.4, -0.2) is 59.9 Å². The minimum Gasteiger partial charge on any atom is -0.480 e. The van der Waals surface area contributed by atoms with Crippen molar-refractivity contribution in [3.8, 4) is 0 Å². The number of rotatable bonds is 6. The smallest absolute Gasteiger partial charge is 0.372 e. The molecule has 2 aromatic carbocycles. The van der Waals surface area contributed by atoms with E-state index < -0.39 is 23.8 Å². The summed E-state index contributed by atoms with van der Waals surface area (Å²) in [5, 5.41) is 31.1. The summed E-state index contributed by atoms with van der Waals surface area (Å²) in [6.07, 6.45) is 3.76. The number of aromatic amines is 2. The Kier molecular flexibility index (Phi) is 18.9. The molecule has 2 heterocycles. The van der Waals surface area contributed by atoms with Crippen molar-refractivity contribution >= 4 is 39.5 Å². The van der Waals surface area contributed by atoms with Crippen LogP contribution in [0.1, 0.15) is 18.6 Å². The van der Waals surface area contributed by atoms with E-state index in [-0.39, 0.29) is 25.5 Å². The monoisotopic (exact) mass is 524 g/mol. The van der Waals surface area contributed by atoms with Crippen molar-refractivity contribution in [2.24, 2.45) is 5.73 Å². The zero-order chi connectivity index (χ0) is 25.7. The van der Waals surface area contributed by atoms with Crippen molar-refractivity contribution in [1.82, 2.24) is 16.1 Å². The van der Waals surface area contributed by atoms with Crippen molar-refractivity contribution < 1.29 is 40.6 Å². The summed E-state index contributed by atoms with van der Waals surface area (Å²) in [5.41, 5.74) is 9.06. The average molecular weight is 525 g/mol. The number of ketones is 1. The number of H-pyrrole nitrogens is 2. The van der Waals surface area contributed by atoms with Gasteiger partial charge in [-0.25, -0.2) is 4.79 Å². The number of hydrogen-bond acceptors (Lipinski definition) is 9. The van der Waals surface area contributed by atoms with Crippen molar-refractivity contribution in [3.63, 3.8) is 0 Å². The highest BCUT2D eigenvalue weighted by atomic mass is 17.0. The Hall–Kier alpha value is -4.47. The van der Waals surface area contributed by atoms with Crippen LogP contribution in [0.2, 0.25) is 0 Å². The fraction of sp³-hybridized carbons (Fsp3) is 0.174. The van der Waals surface area contributed by atoms with Gasteiger partial charge in [-0.05, 0) is 23.3 Å². The predicted octanol–water partition coefficient (Wildman–Crippen LogP) is 2.54. The molecule has 0 spiro atoms. The first-order chi connectivity index (χ1) is 16.4. The number of hydrogen-bond donors (Lipinski definition) is 8. The molecule has 0 amide bonds. The summed E-state index contributed by atoms with van der Waals surface area (Å²) >= 11 is 0. The van der Waals surface area contributed by atoms with Gasteiger partial charge in [0.25, 0.3) is 0 Å². The van der Waals surface area contributed by atoms with Gasteiger partial charge in [0.1, 0.15) is 6.04 Å². The van der Waals surface area contributed by atoms with Crippen molar-refractivity contribution in [2.45, 2.75) is 26.3 Å². The van der Waals surface area contributed by atoms with E-state index in [2.05, 4.69) is 9.97 Å². The van der Waals surface area contributed by atoms with Crippen LogP contribution in [0.3, 0.4) is 0 Å². The van der Waals surface area contributed by atoms with Gasteiger partial charge in [-0.3, -0.25) is 20.1 Å². The number of aromatic nitrogens is 2. The molecule has 0 saturated heterocycles. The topological polar surface area (TPSA) is 290 Å². The highest BCUT2D eigenvalue weighted by Crippen LogP contribution is 2.19. The molecule has 37 heavy (non-hydrogen) atoms. The minimum absolute atomic E-state index is 0. The summed E-state index contributed by atoms with van der Waals surface area (Å²) in [7, 11) is 0. The Labute approximate surface area is 210 Å². The van der Waals surface area contributed by atoms with Gasteiger partial charge in [-0.15, -0.1) is 0 Å². The molecule has 0 radical (unpaired) electrons. The molecule has 0 aliphatic carbocycles. The van der Waals surface area contributed by atoms with Gasteiger partial charge in [-0.2, -0.15) is 0 Å². The van der Waals surface area contributed by atoms with Crippen LogP contribution in [0.15, 0.2) is 60.9 Å². The van der Waals surface area contributed by atoms with E-state index in [4.69, 9.17) is 36.4 Å². The van der Waals surface area contributed by atoms with Crippen LogP contribution in [0.25, 0.3) is 21.8 Å². The molecule has 0 bridgehead atoms. The van der Waals surface area contributed by atoms with E-state index in [9.17, 15) is 14.4 Å². The predicted molar refractivity (Wildman–Crippen MR) is 140 cm³/mol. The van der Waals surface area contributed by atoms with Gasteiger partial charge in [0.05, 0.1) is 0 Å². The summed E-state index contributed by atoms with van der Waals surface area (Å²) in [6, 6.07) is 14.4. The van der Waals surface area contributed by atoms with Crippen LogP contribution in [0.4, 0.5) is 0 Å². The summed E-state index contributed by atoms with van der Waals surface area (Å²) in [5.74, 6) is -3.15. The summed E-state index contributed by atoms with van der Waals surface area (Å²) < 4.78 is 0. The average Bonchev–Trinajstić information content (AvgIpc) is 3.46. The van der Waals surface area contributed by atoms with Crippen LogP contribution in [0, 0.1) is 9.93 Å². The number of nitrogens with one attached hydrogen (secondary N) is 2. The molecule has 0 saturated carbocycles. The Balaban J connectivity index is -0.000000514. The third-order valence-electron chi connectivity index (χ3n) is 4.70. The zero-order valence-corrected chi connectivity index (χ0v) is 18.9. The number of nitrogens with two attached hydrogens (primary N) is 1. The van der Waals surface area contributed by atoms with Gasteiger partial charge in [0.2, 0.25) is 5.78 Å². The Bertz CT molecular complexity index is 1240. The molecule has 4 rings (SSSR count). The molecule has 14 nitrogen and oxygen atoms in total. The first-order valence-corrected chi connectivity index (χ1v) is 9.58. The second-order valence-corrected chi connectivity index (χ2v) is 6.77. The molecule has 2 aromatic heterocycles. The number of carboxylic acids is 2. The number of carbonyl (C=O) groups excluding carboxylic acids is 1. The van der Waals surface area contributed by atoms with E-state index in [1.54, 1.807) is 6.20 Å². The van der Waals surface area contributed by atoms with Crippen LogP contribution < -0.4 is 11.9 Å². The highest BCUT2D eigenvalue weighted by Gasteiger charge is 2.15. The van der Waals surface area contributed by atoms with Crippen LogP contribution >= 0.6 is 0 Å². The minimum atomic E-state index is -1.39. The highest BCUT2D eigenvalue weighted by molar-refractivity contribution is 6.33. The second kappa shape index (κ2) is 18.8. The number of Topliss-reactive ketones (excluding diaryl/α,β-unsaturated/α-hetero) is 1. The molecule has 0 fully saturated rings. The lowest BCUT2D eigenvalue weighted by Gasteiger charge is -2.04. The summed E-state index contributed by atoms with van der Waals surface area (Å²) in [6.45, 7) is 0. The third-order valence-corrected chi connectivity index (χ3v) is 4.70. The molecule has 0 aliphatic rings. The van der Waals surface area contributed by atoms with Gasteiger partial charge in [0.15, 0.2) is 0 Å². The third kappa shape index (κ3) is 10.4. The van der Waals surface area contributed by atoms with Crippen LogP contribution in [0.5, 0.6) is 0 Å². The maximum absolute atomic E-state index is 11.0. The second-order valence-electron chi connectivity index (χ2n) is 6.77. The van der Waals surface area contributed by atoms with Crippen LogP contribution in [-0.2, 0) is 27.2 Å². The first kappa shape index (κ1) is 37.1. The van der Waals surface area contributed by atoms with Gasteiger partial charge in [0, 0.05) is 57.0 Å². The maximum atomic E-state index is 11.0. The fourth-order valence-corrected chi connectivity index (χ4v) is 3.15. The molecule has 14 heteroatoms. The number of para-hydroxylation sites is 2. The van der Waals surface area contributed by atoms with Crippen molar-refractivity contribution in [1.29, 1.82) is 0 Å². The number of carbonyl (C=O) groups is 3. The number of aliphatic carboxylic acids is 2. The first-order valence-electron chi connectivity index (χ1n) is 9.58. The number of fused-ring (bicyclic) bond motifs is 2. The maximum Gasteiger partial charge on any atom is 0.372 e. The van der Waals surface area contributed by atoms with E-state index >= 15 is 0 Å². The van der Waals surface area contributed by atoms with Gasteiger partial charge >= 0.3 is 11.9 Å². The summed E-state index contributed by atoms with van der Waals surface area (Å²) in [4.78, 5) is 52.1. The lowest BCUT2D eigenvalue weighted by molar-refractivity contribution is -0.176. The molecule has 4 aromatic rings. The largest absolute Gasteiger partial charge is 0.480 e. The van der Waals surface area contributed by atoms with E-state index in [1.807, 2.05) is 54.7 Å². The zero-order valence-electron chi connectivity index (χ0n) is 18.9. The van der Waals surface area contributed by atoms with E-state index in [1.165, 1.54) is 0 Å². The fourth-order valence-electron chi connectivity index (χ4n) is 3.15. The molecule has 1 unspecified atom stereocenters. The Morgan fingerprint density at radius 3 is 1.65 bits per heavy atom. The van der Waals surface area contributed by atoms with Crippen molar-refractivity contribution in [2.75, 3.05) is 0 Å². The normalized spacial score (nSPS) is 9.70. The standard InChI is InChI=1S/C11H12N2O2.C11H9NO3.CH4.H3N.H2O2.O2.H2O/c12-9(11(14)15)5-7-6-13-10-4-2-1-3-8(7)10;13-10(11(14)15)5-7-6-12-9-4-2-1-3-8(7)9;;;2*1-2;/h1-4,6,9,13H,5,12H2,(H,14,15);1-4,6,12H,5H2,(H,14,15);1H4;1H3;1-2H;;1H2. The Morgan fingerprint density at radius 2 is 1.22 bits per heavy atom. The van der Waals surface area contributed by atoms with E-state index in [0.29, 0.717) is 6.42 Å². The molecule has 0 aliphatic heterocycles. The Morgan fingerprint density at radius 1 is 0.811 bits per heavy atom. The molecule has 1 atom stereocenters. The quantitative estimate of drug-likeness (QED) is 0.103. The van der Waals surface area contributed by atoms with Crippen molar-refractivity contribution in [3.05, 3.63) is 82.0 Å². The molecule has 204 valence electrons. The molecule has 13 N–H and O–H groups in total. The number of benzene rings is 2. The number of carboxylic acid groups (broad SMARTS) is 2. The molecular weight excluding hydrogens is 492 g/mol. The molecular formula is C23H32N4O10. The van der Waals surface area contributed by atoms with Gasteiger partial charge < -0.3 is 37.5 Å². The van der Waals surface area contributed by atoms with Gasteiger partial charge in [-0.1, -0.05) is 43.8 Å². The lowest BCUT2D eigenvalue weighted by atomic mass is 10.1. The lowest BCUT2D eigenvalue weighted by Crippen LogP contribution is -2.32. The SMILES string of the molecule is C.N.NC(Cc1c[nH]c2ccccc12)C(=O)O.O.O=C(O)C(=O)Cc1c[nH]c2ccccc12.O=O.OO.